The highest BCUT2D eigenvalue weighted by Gasteiger charge is 2.31. The maximum Gasteiger partial charge on any atom is 0.326 e. The van der Waals surface area contributed by atoms with Crippen molar-refractivity contribution >= 4 is 11.9 Å². The van der Waals surface area contributed by atoms with Crippen molar-refractivity contribution in [1.29, 1.82) is 0 Å². The van der Waals surface area contributed by atoms with Crippen molar-refractivity contribution in [2.75, 3.05) is 6.54 Å². The minimum Gasteiger partial charge on any atom is -0.480 e. The van der Waals surface area contributed by atoms with E-state index in [4.69, 9.17) is 5.11 Å². The van der Waals surface area contributed by atoms with Crippen molar-refractivity contribution in [1.82, 2.24) is 4.90 Å². The Morgan fingerprint density at radius 3 is 2.50 bits per heavy atom. The van der Waals surface area contributed by atoms with Crippen LogP contribution < -0.4 is 0 Å². The molecule has 4 nitrogen and oxygen atoms in total. The van der Waals surface area contributed by atoms with E-state index < -0.39 is 12.0 Å². The lowest BCUT2D eigenvalue weighted by Gasteiger charge is -2.33. The van der Waals surface area contributed by atoms with E-state index in [0.29, 0.717) is 19.4 Å². The second-order valence-electron chi connectivity index (χ2n) is 6.35. The molecular formula is C14H25NO3. The highest BCUT2D eigenvalue weighted by Crippen LogP contribution is 2.23. The summed E-state index contributed by atoms with van der Waals surface area (Å²) in [6, 6.07) is -0.596. The van der Waals surface area contributed by atoms with Crippen molar-refractivity contribution in [2.45, 2.75) is 65.3 Å². The van der Waals surface area contributed by atoms with Crippen molar-refractivity contribution in [3.63, 3.8) is 0 Å². The molecule has 1 saturated heterocycles. The minimum atomic E-state index is -0.862. The van der Waals surface area contributed by atoms with Gasteiger partial charge in [-0.1, -0.05) is 20.8 Å². The number of rotatable bonds is 4. The number of nitrogens with zero attached hydrogens (tertiary/aromatic N) is 1. The van der Waals surface area contributed by atoms with Gasteiger partial charge in [0.05, 0.1) is 0 Å². The Balaban J connectivity index is 2.46. The van der Waals surface area contributed by atoms with Gasteiger partial charge in [-0.05, 0) is 37.5 Å². The lowest BCUT2D eigenvalue weighted by molar-refractivity contribution is -0.152. The standard InChI is InChI=1S/C14H25NO3/c1-14(2,3)9-6-8-12(16)15-10-5-4-7-11(15)13(17)18/h11H,4-10H2,1-3H3,(H,17,18)/t11-/m1/s1. The van der Waals surface area contributed by atoms with Crippen LogP contribution in [-0.2, 0) is 9.59 Å². The van der Waals surface area contributed by atoms with Crippen molar-refractivity contribution in [3.8, 4) is 0 Å². The number of hydrogen-bond acceptors (Lipinski definition) is 2. The third-order valence-corrected chi connectivity index (χ3v) is 3.43. The van der Waals surface area contributed by atoms with Gasteiger partial charge in [-0.3, -0.25) is 4.79 Å². The van der Waals surface area contributed by atoms with Gasteiger partial charge in [0, 0.05) is 13.0 Å². The first-order chi connectivity index (χ1) is 8.31. The maximum absolute atomic E-state index is 12.1. The van der Waals surface area contributed by atoms with E-state index in [1.54, 1.807) is 4.90 Å². The number of hydrogen-bond donors (Lipinski definition) is 1. The quantitative estimate of drug-likeness (QED) is 0.840. The van der Waals surface area contributed by atoms with Gasteiger partial charge in [-0.15, -0.1) is 0 Å². The monoisotopic (exact) mass is 255 g/mol. The average molecular weight is 255 g/mol. The molecule has 104 valence electrons. The fourth-order valence-electron chi connectivity index (χ4n) is 2.40. The van der Waals surface area contributed by atoms with Gasteiger partial charge < -0.3 is 10.0 Å². The van der Waals surface area contributed by atoms with Crippen LogP contribution in [0.4, 0.5) is 0 Å². The van der Waals surface area contributed by atoms with Crippen molar-refractivity contribution < 1.29 is 14.7 Å². The Bertz CT molecular complexity index is 307. The third kappa shape index (κ3) is 4.67. The Morgan fingerprint density at radius 1 is 1.28 bits per heavy atom. The molecule has 0 spiro atoms. The lowest BCUT2D eigenvalue weighted by atomic mass is 9.89. The normalized spacial score (nSPS) is 20.8. The Labute approximate surface area is 109 Å². The zero-order valence-corrected chi connectivity index (χ0v) is 11.7. The highest BCUT2D eigenvalue weighted by atomic mass is 16.4. The smallest absolute Gasteiger partial charge is 0.326 e. The van der Waals surface area contributed by atoms with Gasteiger partial charge in [0.2, 0.25) is 5.91 Å². The van der Waals surface area contributed by atoms with Gasteiger partial charge in [0.25, 0.3) is 0 Å². The van der Waals surface area contributed by atoms with Crippen LogP contribution in [0, 0.1) is 5.41 Å². The molecule has 0 aromatic rings. The molecule has 0 aromatic heterocycles. The summed E-state index contributed by atoms with van der Waals surface area (Å²) in [7, 11) is 0. The summed E-state index contributed by atoms with van der Waals surface area (Å²) < 4.78 is 0. The number of carboxylic acids is 1. The van der Waals surface area contributed by atoms with Crippen LogP contribution in [-0.4, -0.2) is 34.5 Å². The molecule has 0 aliphatic carbocycles. The summed E-state index contributed by atoms with van der Waals surface area (Å²) in [6.45, 7) is 7.06. The van der Waals surface area contributed by atoms with Crippen LogP contribution in [0.3, 0.4) is 0 Å². The molecule has 1 fully saturated rings. The van der Waals surface area contributed by atoms with E-state index in [0.717, 1.165) is 25.7 Å². The molecule has 0 radical (unpaired) electrons. The Morgan fingerprint density at radius 2 is 1.94 bits per heavy atom. The van der Waals surface area contributed by atoms with E-state index in [9.17, 15) is 9.59 Å². The van der Waals surface area contributed by atoms with Gasteiger partial charge in [0.1, 0.15) is 6.04 Å². The summed E-state index contributed by atoms with van der Waals surface area (Å²) in [5, 5.41) is 9.12. The molecule has 0 aromatic carbocycles. The number of amides is 1. The Hall–Kier alpha value is -1.06. The van der Waals surface area contributed by atoms with Crippen LogP contribution in [0.25, 0.3) is 0 Å². The van der Waals surface area contributed by atoms with Gasteiger partial charge in [0.15, 0.2) is 0 Å². The van der Waals surface area contributed by atoms with E-state index >= 15 is 0 Å². The fourth-order valence-corrected chi connectivity index (χ4v) is 2.40. The number of carboxylic acid groups (broad SMARTS) is 1. The number of piperidine rings is 1. The van der Waals surface area contributed by atoms with Gasteiger partial charge in [-0.2, -0.15) is 0 Å². The van der Waals surface area contributed by atoms with Crippen molar-refractivity contribution in [2.24, 2.45) is 5.41 Å². The molecule has 18 heavy (non-hydrogen) atoms. The second-order valence-corrected chi connectivity index (χ2v) is 6.35. The molecular weight excluding hydrogens is 230 g/mol. The van der Waals surface area contributed by atoms with Gasteiger partial charge in [-0.25, -0.2) is 4.79 Å². The lowest BCUT2D eigenvalue weighted by Crippen LogP contribution is -2.47. The molecule has 0 saturated carbocycles. The maximum atomic E-state index is 12.1. The number of carbonyl (C=O) groups is 2. The fraction of sp³-hybridized carbons (Fsp3) is 0.857. The molecule has 1 aliphatic heterocycles. The number of likely N-dealkylation sites (tertiary alicyclic amines) is 1. The SMILES string of the molecule is CC(C)(C)CCCC(=O)N1CCCC[C@@H]1C(=O)O. The van der Waals surface area contributed by atoms with E-state index in [1.807, 2.05) is 0 Å². The molecule has 0 unspecified atom stereocenters. The minimum absolute atomic E-state index is 0.00588. The zero-order valence-electron chi connectivity index (χ0n) is 11.7. The van der Waals surface area contributed by atoms with Crippen LogP contribution in [0.15, 0.2) is 0 Å². The highest BCUT2D eigenvalue weighted by molar-refractivity contribution is 5.83. The van der Waals surface area contributed by atoms with Gasteiger partial charge >= 0.3 is 5.97 Å². The third-order valence-electron chi connectivity index (χ3n) is 3.43. The first-order valence-corrected chi connectivity index (χ1v) is 6.83. The van der Waals surface area contributed by atoms with E-state index in [1.165, 1.54) is 0 Å². The van der Waals surface area contributed by atoms with Crippen LogP contribution >= 0.6 is 0 Å². The first-order valence-electron chi connectivity index (χ1n) is 6.83. The number of aliphatic carboxylic acids is 1. The molecule has 4 heteroatoms. The van der Waals surface area contributed by atoms with E-state index in [2.05, 4.69) is 20.8 Å². The van der Waals surface area contributed by atoms with E-state index in [-0.39, 0.29) is 11.3 Å². The molecule has 0 bridgehead atoms. The Kier molecular flexibility index (Phi) is 5.17. The predicted octanol–water partition coefficient (Wildman–Crippen LogP) is 2.67. The summed E-state index contributed by atoms with van der Waals surface area (Å²) in [6.07, 6.45) is 4.73. The second kappa shape index (κ2) is 6.21. The zero-order chi connectivity index (χ0) is 13.8. The average Bonchev–Trinajstić information content (AvgIpc) is 2.27. The predicted molar refractivity (Wildman–Crippen MR) is 70.3 cm³/mol. The summed E-state index contributed by atoms with van der Waals surface area (Å²) in [5.41, 5.74) is 0.231. The first kappa shape index (κ1) is 15.0. The molecule has 1 rings (SSSR count). The molecule has 1 aliphatic rings. The summed E-state index contributed by atoms with van der Waals surface area (Å²) in [5.74, 6) is -0.856. The van der Waals surface area contributed by atoms with Crippen molar-refractivity contribution in [3.05, 3.63) is 0 Å². The largest absolute Gasteiger partial charge is 0.480 e. The van der Waals surface area contributed by atoms with Crippen LogP contribution in [0.1, 0.15) is 59.3 Å². The van der Waals surface area contributed by atoms with Crippen LogP contribution in [0.5, 0.6) is 0 Å². The molecule has 1 atom stereocenters. The summed E-state index contributed by atoms with van der Waals surface area (Å²) in [4.78, 5) is 24.7. The van der Waals surface area contributed by atoms with Crippen LogP contribution in [0.2, 0.25) is 0 Å². The molecule has 1 heterocycles. The number of carbonyl (C=O) groups excluding carboxylic acids is 1. The molecule has 1 amide bonds. The molecule has 1 N–H and O–H groups in total. The topological polar surface area (TPSA) is 57.6 Å². The summed E-state index contributed by atoms with van der Waals surface area (Å²) >= 11 is 0.